The lowest BCUT2D eigenvalue weighted by atomic mass is 9.85. The molecule has 8 heteroatoms. The molecule has 2 fully saturated rings. The molecule has 39 heavy (non-hydrogen) atoms. The molecule has 2 saturated carbocycles. The first kappa shape index (κ1) is 29.3. The predicted octanol–water partition coefficient (Wildman–Crippen LogP) is 5.26. The number of methoxy groups -OCH3 is 2. The number of aliphatic hydroxyl groups is 2. The van der Waals surface area contributed by atoms with Crippen molar-refractivity contribution in [2.24, 2.45) is 5.41 Å². The minimum absolute atomic E-state index is 0.0514. The van der Waals surface area contributed by atoms with Crippen LogP contribution in [0.5, 0.6) is 28.7 Å². The van der Waals surface area contributed by atoms with Crippen molar-refractivity contribution in [2.45, 2.75) is 95.4 Å². The van der Waals surface area contributed by atoms with Crippen LogP contribution < -0.4 is 14.2 Å². The maximum absolute atomic E-state index is 10.7. The number of hydrogen-bond acceptors (Lipinski definition) is 8. The quantitative estimate of drug-likeness (QED) is 0.238. The van der Waals surface area contributed by atoms with E-state index in [0.29, 0.717) is 54.8 Å². The maximum Gasteiger partial charge on any atom is 0.200 e. The molecule has 0 amide bonds. The normalized spacial score (nSPS) is 19.7. The van der Waals surface area contributed by atoms with Gasteiger partial charge in [0.1, 0.15) is 6.79 Å². The Morgan fingerprint density at radius 2 is 1.56 bits per heavy atom. The molecule has 2 aromatic rings. The van der Waals surface area contributed by atoms with E-state index in [0.717, 1.165) is 24.0 Å². The van der Waals surface area contributed by atoms with Gasteiger partial charge in [0.25, 0.3) is 0 Å². The highest BCUT2D eigenvalue weighted by molar-refractivity contribution is 5.52. The number of ether oxygens (including phenoxy) is 4. The van der Waals surface area contributed by atoms with Crippen molar-refractivity contribution in [3.05, 3.63) is 41.5 Å². The van der Waals surface area contributed by atoms with E-state index < -0.39 is 12.9 Å². The molecule has 0 heterocycles. The highest BCUT2D eigenvalue weighted by Crippen LogP contribution is 2.51. The van der Waals surface area contributed by atoms with Crippen molar-refractivity contribution in [2.75, 3.05) is 21.0 Å². The Morgan fingerprint density at radius 1 is 0.897 bits per heavy atom. The van der Waals surface area contributed by atoms with Gasteiger partial charge in [0.15, 0.2) is 23.0 Å². The van der Waals surface area contributed by atoms with Gasteiger partial charge >= 0.3 is 0 Å². The van der Waals surface area contributed by atoms with Crippen LogP contribution in [0.15, 0.2) is 30.3 Å². The summed E-state index contributed by atoms with van der Waals surface area (Å²) in [7, 11) is 2.96. The van der Waals surface area contributed by atoms with Crippen molar-refractivity contribution in [3.63, 3.8) is 0 Å². The van der Waals surface area contributed by atoms with E-state index in [1.807, 2.05) is 12.1 Å². The Morgan fingerprint density at radius 3 is 2.23 bits per heavy atom. The largest absolute Gasteiger partial charge is 0.504 e. The fourth-order valence-corrected chi connectivity index (χ4v) is 6.37. The molecule has 0 aromatic heterocycles. The molecule has 2 aliphatic rings. The molecule has 3 atom stereocenters. The fraction of sp³-hybridized carbons (Fsp3) is 0.613. The van der Waals surface area contributed by atoms with Crippen LogP contribution in [0.25, 0.3) is 0 Å². The van der Waals surface area contributed by atoms with Gasteiger partial charge in [0.05, 0.1) is 32.5 Å². The minimum atomic E-state index is -0.642. The van der Waals surface area contributed by atoms with Crippen LogP contribution >= 0.6 is 0 Å². The smallest absolute Gasteiger partial charge is 0.200 e. The molecule has 3 unspecified atom stereocenters. The van der Waals surface area contributed by atoms with Crippen LogP contribution in [-0.2, 0) is 17.6 Å². The average Bonchev–Trinajstić information content (AvgIpc) is 3.57. The van der Waals surface area contributed by atoms with Gasteiger partial charge in [-0.3, -0.25) is 0 Å². The van der Waals surface area contributed by atoms with Gasteiger partial charge in [0.2, 0.25) is 5.75 Å². The first-order valence-electron chi connectivity index (χ1n) is 14.2. The van der Waals surface area contributed by atoms with E-state index >= 15 is 0 Å². The summed E-state index contributed by atoms with van der Waals surface area (Å²) in [6.07, 6.45) is 10.4. The third-order valence-corrected chi connectivity index (χ3v) is 8.55. The highest BCUT2D eigenvalue weighted by Gasteiger charge is 2.42. The number of aromatic hydroxyl groups is 2. The van der Waals surface area contributed by atoms with Crippen molar-refractivity contribution >= 4 is 0 Å². The SMILES string of the molecule is COc1cc(CCC(O)CC(CCc2ccc(O)c(OC3CCC4(CCCC4)C3)c2)OCO)cc(OC)c1O. The summed E-state index contributed by atoms with van der Waals surface area (Å²) in [6, 6.07) is 8.94. The molecule has 0 bridgehead atoms. The number of aliphatic hydroxyl groups excluding tert-OH is 2. The van der Waals surface area contributed by atoms with Gasteiger partial charge in [-0.15, -0.1) is 0 Å². The summed E-state index contributed by atoms with van der Waals surface area (Å²) >= 11 is 0. The van der Waals surface area contributed by atoms with Gasteiger partial charge in [-0.1, -0.05) is 18.9 Å². The third-order valence-electron chi connectivity index (χ3n) is 8.55. The number of benzene rings is 2. The zero-order valence-electron chi connectivity index (χ0n) is 23.2. The molecule has 4 rings (SSSR count). The Labute approximate surface area is 231 Å². The fourth-order valence-electron chi connectivity index (χ4n) is 6.37. The first-order chi connectivity index (χ1) is 18.8. The summed E-state index contributed by atoms with van der Waals surface area (Å²) in [4.78, 5) is 0. The van der Waals surface area contributed by atoms with Gasteiger partial charge in [-0.2, -0.15) is 0 Å². The number of aryl methyl sites for hydroxylation is 2. The monoisotopic (exact) mass is 544 g/mol. The van der Waals surface area contributed by atoms with E-state index in [1.54, 1.807) is 18.2 Å². The lowest BCUT2D eigenvalue weighted by Crippen LogP contribution is -2.22. The summed E-state index contributed by atoms with van der Waals surface area (Å²) in [6.45, 7) is -0.420. The summed E-state index contributed by atoms with van der Waals surface area (Å²) < 4.78 is 22.2. The molecule has 2 aromatic carbocycles. The zero-order chi connectivity index (χ0) is 27.8. The molecule has 8 nitrogen and oxygen atoms in total. The summed E-state index contributed by atoms with van der Waals surface area (Å²) in [5.41, 5.74) is 2.34. The first-order valence-corrected chi connectivity index (χ1v) is 14.2. The number of rotatable bonds is 14. The second kappa shape index (κ2) is 13.6. The molecular weight excluding hydrogens is 500 g/mol. The number of phenols is 2. The van der Waals surface area contributed by atoms with Crippen molar-refractivity contribution in [3.8, 4) is 28.7 Å². The van der Waals surface area contributed by atoms with Crippen molar-refractivity contribution < 1.29 is 39.4 Å². The second-order valence-corrected chi connectivity index (χ2v) is 11.2. The Balaban J connectivity index is 1.29. The van der Waals surface area contributed by atoms with Crippen LogP contribution in [0, 0.1) is 5.41 Å². The molecule has 216 valence electrons. The molecule has 4 N–H and O–H groups in total. The lowest BCUT2D eigenvalue weighted by Gasteiger charge is -2.23. The highest BCUT2D eigenvalue weighted by atomic mass is 16.6. The Kier molecular flexibility index (Phi) is 10.2. The minimum Gasteiger partial charge on any atom is -0.504 e. The van der Waals surface area contributed by atoms with Gasteiger partial charge in [0, 0.05) is 0 Å². The second-order valence-electron chi connectivity index (χ2n) is 11.2. The predicted molar refractivity (Wildman–Crippen MR) is 148 cm³/mol. The topological polar surface area (TPSA) is 118 Å². The number of phenolic OH excluding ortho intramolecular Hbond substituents is 2. The summed E-state index contributed by atoms with van der Waals surface area (Å²) in [5, 5.41) is 40.7. The van der Waals surface area contributed by atoms with E-state index in [4.69, 9.17) is 18.9 Å². The molecular formula is C31H44O8. The van der Waals surface area contributed by atoms with Crippen molar-refractivity contribution in [1.82, 2.24) is 0 Å². The van der Waals surface area contributed by atoms with Crippen molar-refractivity contribution in [1.29, 1.82) is 0 Å². The van der Waals surface area contributed by atoms with E-state index in [2.05, 4.69) is 0 Å². The number of hydrogen-bond donors (Lipinski definition) is 4. The Hall–Kier alpha value is -2.68. The van der Waals surface area contributed by atoms with E-state index in [1.165, 1.54) is 46.3 Å². The van der Waals surface area contributed by atoms with Crippen LogP contribution in [0.2, 0.25) is 0 Å². The average molecular weight is 545 g/mol. The van der Waals surface area contributed by atoms with Gasteiger partial charge in [-0.25, -0.2) is 0 Å². The summed E-state index contributed by atoms with van der Waals surface area (Å²) in [5.74, 6) is 1.29. The molecule has 0 saturated heterocycles. The van der Waals surface area contributed by atoms with Crippen LogP contribution in [-0.4, -0.2) is 59.8 Å². The molecule has 0 radical (unpaired) electrons. The Bertz CT molecular complexity index is 1040. The molecule has 2 aliphatic carbocycles. The maximum atomic E-state index is 10.7. The zero-order valence-corrected chi connectivity index (χ0v) is 23.2. The van der Waals surface area contributed by atoms with Crippen LogP contribution in [0.1, 0.15) is 75.3 Å². The molecule has 1 spiro atoms. The van der Waals surface area contributed by atoms with Gasteiger partial charge in [-0.05, 0) is 105 Å². The molecule has 0 aliphatic heterocycles. The van der Waals surface area contributed by atoms with Crippen LogP contribution in [0.3, 0.4) is 0 Å². The van der Waals surface area contributed by atoms with Crippen LogP contribution in [0.4, 0.5) is 0 Å². The van der Waals surface area contributed by atoms with Gasteiger partial charge < -0.3 is 39.4 Å². The third kappa shape index (κ3) is 7.71. The van der Waals surface area contributed by atoms with E-state index in [-0.39, 0.29) is 23.7 Å². The standard InChI is InChI=1S/C31H44O8/c1-36-28-16-22(17-29(37-2)30(28)35)5-8-23(33)18-24(38-20-32)9-6-21-7-10-26(34)27(15-21)39-25-11-14-31(19-25)12-3-4-13-31/h7,10,15-17,23-25,32-35H,3-6,8-9,11-14,18-20H2,1-2H3. The van der Waals surface area contributed by atoms with E-state index in [9.17, 15) is 20.4 Å². The lowest BCUT2D eigenvalue weighted by molar-refractivity contribution is -0.0690.